The summed E-state index contributed by atoms with van der Waals surface area (Å²) in [5.74, 6) is -0.162. The van der Waals surface area contributed by atoms with Crippen molar-refractivity contribution in [2.75, 3.05) is 18.2 Å². The molecule has 0 aliphatic carbocycles. The number of methoxy groups -OCH3 is 1. The van der Waals surface area contributed by atoms with E-state index < -0.39 is 12.1 Å². The molecule has 7 nitrogen and oxygen atoms in total. The Morgan fingerprint density at radius 3 is 2.93 bits per heavy atom. The molecule has 27 heavy (non-hydrogen) atoms. The van der Waals surface area contributed by atoms with Crippen LogP contribution < -0.4 is 5.32 Å². The van der Waals surface area contributed by atoms with Crippen molar-refractivity contribution in [2.24, 2.45) is 0 Å². The van der Waals surface area contributed by atoms with Gasteiger partial charge in [0.1, 0.15) is 0 Å². The van der Waals surface area contributed by atoms with E-state index in [1.165, 1.54) is 18.9 Å². The van der Waals surface area contributed by atoms with Crippen LogP contribution in [0.25, 0.3) is 0 Å². The van der Waals surface area contributed by atoms with Crippen molar-refractivity contribution in [3.63, 3.8) is 0 Å². The Balaban J connectivity index is 1.59. The van der Waals surface area contributed by atoms with Gasteiger partial charge in [-0.2, -0.15) is 0 Å². The van der Waals surface area contributed by atoms with E-state index in [0.29, 0.717) is 23.4 Å². The molecule has 3 aliphatic rings. The Morgan fingerprint density at radius 2 is 2.15 bits per heavy atom. The van der Waals surface area contributed by atoms with Crippen molar-refractivity contribution in [2.45, 2.75) is 55.4 Å². The maximum absolute atomic E-state index is 13.3. The van der Waals surface area contributed by atoms with Crippen molar-refractivity contribution in [1.29, 1.82) is 0 Å². The number of hydrogen-bond donors (Lipinski definition) is 1. The fourth-order valence-corrected chi connectivity index (χ4v) is 4.94. The molecule has 4 rings (SSSR count). The highest BCUT2D eigenvalue weighted by Crippen LogP contribution is 2.37. The zero-order valence-corrected chi connectivity index (χ0v) is 16.1. The minimum Gasteiger partial charge on any atom is -0.467 e. The molecule has 3 aliphatic heterocycles. The standard InChI is InChI=1S/C19H22N2O5S/c1-10-3-5-14-13(8-15(26-14)19(24)25-2)21(10)18(23)11-4-6-16-12(7-11)20-17(22)9-27-16/h4,6-7,10,13-15H,3,5,8-9H2,1-2H3,(H,20,22)/t10-,13-,14-,15+/m1/s1. The van der Waals surface area contributed by atoms with Crippen LogP contribution >= 0.6 is 11.8 Å². The van der Waals surface area contributed by atoms with Crippen LogP contribution in [0.15, 0.2) is 23.1 Å². The summed E-state index contributed by atoms with van der Waals surface area (Å²) >= 11 is 1.47. The van der Waals surface area contributed by atoms with E-state index in [1.807, 2.05) is 17.9 Å². The number of esters is 1. The predicted molar refractivity (Wildman–Crippen MR) is 99.7 cm³/mol. The van der Waals surface area contributed by atoms with Crippen molar-refractivity contribution >= 4 is 35.2 Å². The van der Waals surface area contributed by atoms with Gasteiger partial charge in [0.05, 0.1) is 30.7 Å². The number of carbonyl (C=O) groups is 3. The van der Waals surface area contributed by atoms with E-state index in [4.69, 9.17) is 9.47 Å². The van der Waals surface area contributed by atoms with Crippen LogP contribution in [0.1, 0.15) is 36.5 Å². The summed E-state index contributed by atoms with van der Waals surface area (Å²) in [4.78, 5) is 39.6. The SMILES string of the molecule is COC(=O)[C@@H]1C[C@@H]2[C@@H](CC[C@@H](C)N2C(=O)c2ccc3c(c2)NC(=O)CS3)O1. The normalized spacial score (nSPS) is 29.6. The highest BCUT2D eigenvalue weighted by molar-refractivity contribution is 8.00. The van der Waals surface area contributed by atoms with Crippen LogP contribution in [-0.4, -0.2) is 59.8 Å². The minimum atomic E-state index is -0.621. The number of piperidine rings is 1. The zero-order valence-electron chi connectivity index (χ0n) is 15.3. The van der Waals surface area contributed by atoms with E-state index in [-0.39, 0.29) is 30.0 Å². The maximum atomic E-state index is 13.3. The van der Waals surface area contributed by atoms with Gasteiger partial charge in [0.15, 0.2) is 6.10 Å². The van der Waals surface area contributed by atoms with Crippen molar-refractivity contribution in [3.05, 3.63) is 23.8 Å². The first-order valence-electron chi connectivity index (χ1n) is 9.10. The molecule has 8 heteroatoms. The minimum absolute atomic E-state index is 0.0544. The fraction of sp³-hybridized carbons (Fsp3) is 0.526. The lowest BCUT2D eigenvalue weighted by molar-refractivity contribution is -0.153. The predicted octanol–water partition coefficient (Wildman–Crippen LogP) is 2.05. The summed E-state index contributed by atoms with van der Waals surface area (Å²) in [6.07, 6.45) is 1.32. The summed E-state index contributed by atoms with van der Waals surface area (Å²) in [6, 6.07) is 5.33. The monoisotopic (exact) mass is 390 g/mol. The average molecular weight is 390 g/mol. The summed E-state index contributed by atoms with van der Waals surface area (Å²) in [5.41, 5.74) is 1.21. The molecule has 1 aromatic rings. The molecule has 3 heterocycles. The highest BCUT2D eigenvalue weighted by atomic mass is 32.2. The summed E-state index contributed by atoms with van der Waals surface area (Å²) in [6.45, 7) is 2.02. The molecule has 1 N–H and O–H groups in total. The van der Waals surface area contributed by atoms with Crippen molar-refractivity contribution in [3.8, 4) is 0 Å². The third-order valence-electron chi connectivity index (χ3n) is 5.48. The van der Waals surface area contributed by atoms with Gasteiger partial charge in [0.2, 0.25) is 5.91 Å². The Morgan fingerprint density at radius 1 is 1.33 bits per heavy atom. The number of thioether (sulfide) groups is 1. The number of benzene rings is 1. The number of fused-ring (bicyclic) bond motifs is 2. The second-order valence-electron chi connectivity index (χ2n) is 7.18. The van der Waals surface area contributed by atoms with Gasteiger partial charge in [0.25, 0.3) is 5.91 Å². The molecule has 2 amide bonds. The molecule has 0 radical (unpaired) electrons. The van der Waals surface area contributed by atoms with Crippen LogP contribution in [0.4, 0.5) is 5.69 Å². The van der Waals surface area contributed by atoms with Gasteiger partial charge < -0.3 is 19.7 Å². The summed E-state index contributed by atoms with van der Waals surface area (Å²) in [7, 11) is 1.35. The first kappa shape index (κ1) is 18.3. The molecule has 144 valence electrons. The third-order valence-corrected chi connectivity index (χ3v) is 6.56. The number of amides is 2. The molecule has 0 saturated carbocycles. The highest BCUT2D eigenvalue weighted by Gasteiger charge is 2.47. The van der Waals surface area contributed by atoms with Crippen LogP contribution in [0.2, 0.25) is 0 Å². The molecule has 0 bridgehead atoms. The van der Waals surface area contributed by atoms with E-state index in [2.05, 4.69) is 5.32 Å². The van der Waals surface area contributed by atoms with Gasteiger partial charge >= 0.3 is 5.97 Å². The summed E-state index contributed by atoms with van der Waals surface area (Å²) in [5, 5.41) is 2.83. The van der Waals surface area contributed by atoms with Gasteiger partial charge in [-0.1, -0.05) is 0 Å². The third kappa shape index (κ3) is 3.32. The Bertz CT molecular complexity index is 798. The quantitative estimate of drug-likeness (QED) is 0.778. The Hall–Kier alpha value is -2.06. The number of likely N-dealkylation sites (tertiary alicyclic amines) is 1. The molecule has 4 atom stereocenters. The van der Waals surface area contributed by atoms with Gasteiger partial charge in [-0.3, -0.25) is 9.59 Å². The van der Waals surface area contributed by atoms with E-state index in [9.17, 15) is 14.4 Å². The number of rotatable bonds is 2. The first-order chi connectivity index (χ1) is 13.0. The maximum Gasteiger partial charge on any atom is 0.335 e. The molecule has 0 aromatic heterocycles. The molecular weight excluding hydrogens is 368 g/mol. The fourth-order valence-electron chi connectivity index (χ4n) is 4.15. The second-order valence-corrected chi connectivity index (χ2v) is 8.19. The van der Waals surface area contributed by atoms with Crippen molar-refractivity contribution in [1.82, 2.24) is 4.90 Å². The number of carbonyl (C=O) groups excluding carboxylic acids is 3. The molecular formula is C19H22N2O5S. The van der Waals surface area contributed by atoms with Crippen LogP contribution in [-0.2, 0) is 19.1 Å². The van der Waals surface area contributed by atoms with Crippen LogP contribution in [0, 0.1) is 0 Å². The van der Waals surface area contributed by atoms with Gasteiger partial charge in [-0.05, 0) is 38.0 Å². The lowest BCUT2D eigenvalue weighted by atomic mass is 9.91. The number of anilines is 1. The zero-order chi connectivity index (χ0) is 19.1. The largest absolute Gasteiger partial charge is 0.467 e. The van der Waals surface area contributed by atoms with Crippen LogP contribution in [0.5, 0.6) is 0 Å². The number of hydrogen-bond acceptors (Lipinski definition) is 6. The second kappa shape index (κ2) is 7.16. The van der Waals surface area contributed by atoms with E-state index >= 15 is 0 Å². The lowest BCUT2D eigenvalue weighted by Gasteiger charge is -2.41. The topological polar surface area (TPSA) is 84.9 Å². The van der Waals surface area contributed by atoms with Gasteiger partial charge in [0, 0.05) is 22.9 Å². The number of ether oxygens (including phenoxy) is 2. The molecule has 0 unspecified atom stereocenters. The average Bonchev–Trinajstić information content (AvgIpc) is 3.10. The Kier molecular flexibility index (Phi) is 4.86. The lowest BCUT2D eigenvalue weighted by Crippen LogP contribution is -2.53. The Labute approximate surface area is 161 Å². The van der Waals surface area contributed by atoms with Gasteiger partial charge in [-0.15, -0.1) is 11.8 Å². The van der Waals surface area contributed by atoms with E-state index in [0.717, 1.165) is 17.7 Å². The van der Waals surface area contributed by atoms with E-state index in [1.54, 1.807) is 12.1 Å². The van der Waals surface area contributed by atoms with Crippen molar-refractivity contribution < 1.29 is 23.9 Å². The molecule has 2 saturated heterocycles. The van der Waals surface area contributed by atoms with Gasteiger partial charge in [-0.25, -0.2) is 4.79 Å². The molecule has 0 spiro atoms. The molecule has 2 fully saturated rings. The number of nitrogens with zero attached hydrogens (tertiary/aromatic N) is 1. The first-order valence-corrected chi connectivity index (χ1v) is 10.1. The number of nitrogens with one attached hydrogen (secondary N) is 1. The smallest absolute Gasteiger partial charge is 0.335 e. The van der Waals surface area contributed by atoms with Crippen LogP contribution in [0.3, 0.4) is 0 Å². The summed E-state index contributed by atoms with van der Waals surface area (Å²) < 4.78 is 10.7. The molecule has 1 aromatic carbocycles.